The number of guanidine groups is 1. The lowest BCUT2D eigenvalue weighted by Gasteiger charge is -2.29. The molecule has 2 fully saturated rings. The predicted molar refractivity (Wildman–Crippen MR) is 152 cm³/mol. The second-order valence-corrected chi connectivity index (χ2v) is 9.00. The molecule has 2 aliphatic heterocycles. The first kappa shape index (κ1) is 26.0. The van der Waals surface area contributed by atoms with Gasteiger partial charge in [0.1, 0.15) is 0 Å². The van der Waals surface area contributed by atoms with Crippen molar-refractivity contribution in [3.05, 3.63) is 73.1 Å². The van der Waals surface area contributed by atoms with Crippen molar-refractivity contribution in [1.29, 1.82) is 5.26 Å². The van der Waals surface area contributed by atoms with Crippen LogP contribution in [0.4, 0.5) is 23.0 Å². The molecule has 0 saturated carbocycles. The van der Waals surface area contributed by atoms with E-state index in [1.807, 2.05) is 47.4 Å². The van der Waals surface area contributed by atoms with Crippen molar-refractivity contribution >= 4 is 29.0 Å². The summed E-state index contributed by atoms with van der Waals surface area (Å²) in [5, 5.41) is 19.0. The molecule has 11 heteroatoms. The molecular weight excluding hydrogens is 494 g/mol. The Morgan fingerprint density at radius 3 is 2.46 bits per heavy atom. The molecule has 0 radical (unpaired) electrons. The van der Waals surface area contributed by atoms with E-state index in [2.05, 4.69) is 39.0 Å². The minimum Gasteiger partial charge on any atom is -0.378 e. The smallest absolute Gasteiger partial charge is 0.227 e. The first-order valence-electron chi connectivity index (χ1n) is 12.8. The van der Waals surface area contributed by atoms with Crippen molar-refractivity contribution in [3.8, 4) is 17.3 Å². The van der Waals surface area contributed by atoms with Gasteiger partial charge in [0.2, 0.25) is 11.9 Å². The summed E-state index contributed by atoms with van der Waals surface area (Å²) in [6.07, 6.45) is 3.32. The summed E-state index contributed by atoms with van der Waals surface area (Å²) in [5.74, 6) is 0.869. The molecule has 0 spiro atoms. The maximum Gasteiger partial charge on any atom is 0.227 e. The maximum absolute atomic E-state index is 9.60. The molecule has 0 aliphatic carbocycles. The number of aromatic nitrogens is 2. The topological polar surface area (TPSA) is 128 Å². The van der Waals surface area contributed by atoms with Crippen LogP contribution < -0.4 is 21.0 Å². The molecular formula is C28H31N9O2. The average Bonchev–Trinajstić information content (AvgIpc) is 3.01. The van der Waals surface area contributed by atoms with E-state index in [9.17, 15) is 5.26 Å². The number of hydrogen-bond acceptors (Lipinski definition) is 9. The molecule has 5 rings (SSSR count). The van der Waals surface area contributed by atoms with Crippen LogP contribution in [-0.2, 0) is 9.47 Å². The van der Waals surface area contributed by atoms with Crippen molar-refractivity contribution in [2.75, 3.05) is 67.8 Å². The number of nitrogens with zero attached hydrogens (tertiary/aromatic N) is 7. The Morgan fingerprint density at radius 1 is 1.05 bits per heavy atom. The number of morpholine rings is 2. The van der Waals surface area contributed by atoms with E-state index in [0.717, 1.165) is 41.4 Å². The molecule has 0 unspecified atom stereocenters. The number of nitrogens with two attached hydrogens (primary N) is 1. The highest BCUT2D eigenvalue weighted by molar-refractivity contribution is 5.79. The zero-order chi connectivity index (χ0) is 27.0. The third kappa shape index (κ3) is 6.43. The molecule has 2 aliphatic rings. The Kier molecular flexibility index (Phi) is 8.16. The Morgan fingerprint density at radius 2 is 1.77 bits per heavy atom. The monoisotopic (exact) mass is 525 g/mol. The van der Waals surface area contributed by atoms with E-state index < -0.39 is 0 Å². The van der Waals surface area contributed by atoms with Gasteiger partial charge in [-0.2, -0.15) is 5.26 Å². The predicted octanol–water partition coefficient (Wildman–Crippen LogP) is 3.11. The number of nitriles is 1. The highest BCUT2D eigenvalue weighted by Crippen LogP contribution is 2.27. The lowest BCUT2D eigenvalue weighted by Crippen LogP contribution is -2.45. The van der Waals surface area contributed by atoms with Crippen LogP contribution >= 0.6 is 0 Å². The molecule has 0 amide bonds. The van der Waals surface area contributed by atoms with E-state index >= 15 is 0 Å². The molecule has 3 heterocycles. The van der Waals surface area contributed by atoms with Crippen LogP contribution in [0.3, 0.4) is 0 Å². The Bertz CT molecular complexity index is 1360. The minimum absolute atomic E-state index is 0.419. The molecule has 3 aromatic rings. The largest absolute Gasteiger partial charge is 0.378 e. The summed E-state index contributed by atoms with van der Waals surface area (Å²) in [6.45, 7) is 9.46. The Balaban J connectivity index is 1.31. The summed E-state index contributed by atoms with van der Waals surface area (Å²) >= 11 is 0. The van der Waals surface area contributed by atoms with Gasteiger partial charge in [0.25, 0.3) is 0 Å². The molecule has 200 valence electrons. The van der Waals surface area contributed by atoms with Gasteiger partial charge in [-0.15, -0.1) is 5.10 Å². The van der Waals surface area contributed by atoms with Gasteiger partial charge in [0.15, 0.2) is 0 Å². The summed E-state index contributed by atoms with van der Waals surface area (Å²) in [4.78, 5) is 13.3. The molecule has 2 saturated heterocycles. The second kappa shape index (κ2) is 12.3. The summed E-state index contributed by atoms with van der Waals surface area (Å²) in [5.41, 5.74) is 11.0. The van der Waals surface area contributed by atoms with Crippen LogP contribution in [0, 0.1) is 11.3 Å². The summed E-state index contributed by atoms with van der Waals surface area (Å²) in [6, 6.07) is 17.6. The Labute approximate surface area is 227 Å². The van der Waals surface area contributed by atoms with Gasteiger partial charge in [0.05, 0.1) is 49.4 Å². The van der Waals surface area contributed by atoms with Crippen molar-refractivity contribution in [2.24, 2.45) is 10.8 Å². The normalized spacial score (nSPS) is 15.9. The van der Waals surface area contributed by atoms with E-state index in [1.165, 1.54) is 0 Å². The Hall–Kier alpha value is -4.66. The van der Waals surface area contributed by atoms with Gasteiger partial charge in [-0.05, 0) is 48.5 Å². The van der Waals surface area contributed by atoms with Crippen LogP contribution in [0.2, 0.25) is 0 Å². The molecule has 1 aromatic heterocycles. The van der Waals surface area contributed by atoms with Crippen molar-refractivity contribution in [2.45, 2.75) is 0 Å². The summed E-state index contributed by atoms with van der Waals surface area (Å²) < 4.78 is 10.9. The quantitative estimate of drug-likeness (QED) is 0.270. The molecule has 11 nitrogen and oxygen atoms in total. The zero-order valence-corrected chi connectivity index (χ0v) is 21.7. The second-order valence-electron chi connectivity index (χ2n) is 9.00. The van der Waals surface area contributed by atoms with E-state index in [1.54, 1.807) is 17.4 Å². The van der Waals surface area contributed by atoms with Gasteiger partial charge in [-0.3, -0.25) is 0 Å². The molecule has 2 aromatic carbocycles. The molecule has 0 bridgehead atoms. The molecule has 3 N–H and O–H groups in total. The number of anilines is 4. The van der Waals surface area contributed by atoms with Crippen molar-refractivity contribution in [1.82, 2.24) is 14.9 Å². The lowest BCUT2D eigenvalue weighted by atomic mass is 10.1. The molecule has 39 heavy (non-hydrogen) atoms. The molecule has 0 atom stereocenters. The fraction of sp³-hybridized carbons (Fsp3) is 0.286. The average molecular weight is 526 g/mol. The highest BCUT2D eigenvalue weighted by atomic mass is 16.5. The van der Waals surface area contributed by atoms with Crippen LogP contribution in [0.25, 0.3) is 11.3 Å². The van der Waals surface area contributed by atoms with Crippen LogP contribution in [-0.4, -0.2) is 73.4 Å². The zero-order valence-electron chi connectivity index (χ0n) is 21.7. The third-order valence-electron chi connectivity index (χ3n) is 6.48. The van der Waals surface area contributed by atoms with E-state index in [0.29, 0.717) is 57.0 Å². The van der Waals surface area contributed by atoms with Crippen molar-refractivity contribution < 1.29 is 9.47 Å². The van der Waals surface area contributed by atoms with Crippen LogP contribution in [0.1, 0.15) is 5.56 Å². The third-order valence-corrected chi connectivity index (χ3v) is 6.48. The van der Waals surface area contributed by atoms with E-state index in [-0.39, 0.29) is 0 Å². The van der Waals surface area contributed by atoms with Gasteiger partial charge in [-0.1, -0.05) is 6.58 Å². The minimum atomic E-state index is 0.419. The first-order valence-corrected chi connectivity index (χ1v) is 12.8. The van der Waals surface area contributed by atoms with Gasteiger partial charge >= 0.3 is 0 Å². The van der Waals surface area contributed by atoms with Crippen LogP contribution in [0.15, 0.2) is 72.6 Å². The van der Waals surface area contributed by atoms with Crippen molar-refractivity contribution in [3.63, 3.8) is 0 Å². The fourth-order valence-corrected chi connectivity index (χ4v) is 4.40. The summed E-state index contributed by atoms with van der Waals surface area (Å²) in [7, 11) is 0. The number of hydrogen-bond donors (Lipinski definition) is 2. The highest BCUT2D eigenvalue weighted by Gasteiger charge is 2.15. The van der Waals surface area contributed by atoms with Gasteiger partial charge in [0, 0.05) is 55.5 Å². The lowest BCUT2D eigenvalue weighted by molar-refractivity contribution is 0.0674. The number of benzene rings is 2. The standard InChI is InChI=1S/C28H31N9O2/c1-2-37(34-27(30)36-11-15-39-16-12-36)24-5-3-23(4-6-24)32-28-31-8-7-26(33-28)22-17-21(20-29)18-25(19-22)35-9-13-38-14-10-35/h2-8,17-19H,1,9-16H2,(H2,30,34)(H,31,32,33). The maximum atomic E-state index is 9.60. The van der Waals surface area contributed by atoms with Crippen LogP contribution in [0.5, 0.6) is 0 Å². The number of hydrazone groups is 1. The van der Waals surface area contributed by atoms with Gasteiger partial charge in [-0.25, -0.2) is 15.0 Å². The number of nitrogens with one attached hydrogen (secondary N) is 1. The SMILES string of the molecule is C=CN(/N=C(\N)N1CCOCC1)c1ccc(Nc2nccc(-c3cc(C#N)cc(N4CCOCC4)c3)n2)cc1. The fourth-order valence-electron chi connectivity index (χ4n) is 4.40. The van der Waals surface area contributed by atoms with E-state index in [4.69, 9.17) is 20.2 Å². The first-order chi connectivity index (χ1) is 19.1. The van der Waals surface area contributed by atoms with Gasteiger partial charge < -0.3 is 30.3 Å². The number of ether oxygens (including phenoxy) is 2. The number of rotatable bonds is 7.